The van der Waals surface area contributed by atoms with E-state index in [2.05, 4.69) is 0 Å². The maximum Gasteiger partial charge on any atom is 0.227 e. The molecule has 1 aromatic carbocycles. The maximum absolute atomic E-state index is 12.4. The fraction of sp³-hybridized carbons (Fsp3) is 0.562. The molecule has 0 bridgehead atoms. The van der Waals surface area contributed by atoms with E-state index >= 15 is 0 Å². The molecule has 1 unspecified atom stereocenters. The van der Waals surface area contributed by atoms with Crippen LogP contribution in [-0.4, -0.2) is 36.4 Å². The summed E-state index contributed by atoms with van der Waals surface area (Å²) in [5.41, 5.74) is 1.04. The Morgan fingerprint density at radius 1 is 1.40 bits per heavy atom. The third-order valence-corrected chi connectivity index (χ3v) is 4.15. The van der Waals surface area contributed by atoms with Crippen molar-refractivity contribution in [1.29, 1.82) is 0 Å². The van der Waals surface area contributed by atoms with Crippen molar-refractivity contribution in [3.8, 4) is 5.75 Å². The van der Waals surface area contributed by atoms with Gasteiger partial charge in [-0.3, -0.25) is 4.79 Å². The Kier molecular flexibility index (Phi) is 5.72. The van der Waals surface area contributed by atoms with Gasteiger partial charge in [0.05, 0.1) is 13.5 Å². The van der Waals surface area contributed by atoms with Crippen LogP contribution >= 0.6 is 11.6 Å². The van der Waals surface area contributed by atoms with Gasteiger partial charge in [-0.25, -0.2) is 0 Å². The minimum Gasteiger partial charge on any atom is -0.497 e. The Morgan fingerprint density at radius 2 is 2.15 bits per heavy atom. The molecule has 1 heterocycles. The molecule has 0 spiro atoms. The summed E-state index contributed by atoms with van der Waals surface area (Å²) >= 11 is 5.75. The molecule has 0 radical (unpaired) electrons. The van der Waals surface area contributed by atoms with Gasteiger partial charge < -0.3 is 9.64 Å². The summed E-state index contributed by atoms with van der Waals surface area (Å²) in [7, 11) is 1.64. The molecule has 0 saturated carbocycles. The van der Waals surface area contributed by atoms with Crippen LogP contribution in [0.2, 0.25) is 0 Å². The summed E-state index contributed by atoms with van der Waals surface area (Å²) in [5.74, 6) is 1.73. The third-order valence-electron chi connectivity index (χ3n) is 3.88. The quantitative estimate of drug-likeness (QED) is 0.754. The van der Waals surface area contributed by atoms with E-state index in [0.29, 0.717) is 18.3 Å². The first kappa shape index (κ1) is 15.2. The number of ether oxygens (including phenoxy) is 1. The van der Waals surface area contributed by atoms with Gasteiger partial charge in [-0.2, -0.15) is 0 Å². The summed E-state index contributed by atoms with van der Waals surface area (Å²) in [4.78, 5) is 14.4. The van der Waals surface area contributed by atoms with Gasteiger partial charge in [-0.1, -0.05) is 12.1 Å². The van der Waals surface area contributed by atoms with Crippen molar-refractivity contribution in [3.05, 3.63) is 29.8 Å². The van der Waals surface area contributed by atoms with Crippen LogP contribution in [-0.2, 0) is 11.2 Å². The highest BCUT2D eigenvalue weighted by Gasteiger charge is 2.27. The Labute approximate surface area is 125 Å². The van der Waals surface area contributed by atoms with Crippen LogP contribution in [0.15, 0.2) is 24.3 Å². The smallest absolute Gasteiger partial charge is 0.227 e. The Bertz CT molecular complexity index is 433. The average molecular weight is 296 g/mol. The Hall–Kier alpha value is -1.22. The van der Waals surface area contributed by atoms with Gasteiger partial charge in [0, 0.05) is 18.5 Å². The number of carbonyl (C=O) groups is 1. The molecule has 2 rings (SSSR count). The molecule has 0 N–H and O–H groups in total. The van der Waals surface area contributed by atoms with Gasteiger partial charge in [0.2, 0.25) is 5.91 Å². The van der Waals surface area contributed by atoms with E-state index in [0.717, 1.165) is 43.5 Å². The molecule has 1 atom stereocenters. The predicted octanol–water partition coefficient (Wildman–Crippen LogP) is 3.25. The van der Waals surface area contributed by atoms with Gasteiger partial charge in [0.25, 0.3) is 0 Å². The molecule has 0 aliphatic carbocycles. The normalized spacial score (nSPS) is 18.3. The number of halogens is 1. The fourth-order valence-corrected chi connectivity index (χ4v) is 2.95. The second kappa shape index (κ2) is 7.53. The van der Waals surface area contributed by atoms with Crippen molar-refractivity contribution in [2.45, 2.75) is 38.1 Å². The maximum atomic E-state index is 12.4. The van der Waals surface area contributed by atoms with Crippen LogP contribution in [0.25, 0.3) is 0 Å². The molecule has 1 saturated heterocycles. The predicted molar refractivity (Wildman–Crippen MR) is 81.4 cm³/mol. The lowest BCUT2D eigenvalue weighted by molar-refractivity contribution is -0.131. The number of likely N-dealkylation sites (tertiary alicyclic amines) is 1. The molecule has 1 fully saturated rings. The number of rotatable bonds is 6. The third kappa shape index (κ3) is 3.89. The van der Waals surface area contributed by atoms with Crippen LogP contribution in [0.4, 0.5) is 0 Å². The van der Waals surface area contributed by atoms with Gasteiger partial charge in [-0.15, -0.1) is 11.6 Å². The van der Waals surface area contributed by atoms with Gasteiger partial charge in [0.1, 0.15) is 5.75 Å². The zero-order valence-corrected chi connectivity index (χ0v) is 12.7. The van der Waals surface area contributed by atoms with E-state index in [1.54, 1.807) is 7.11 Å². The lowest BCUT2D eigenvalue weighted by Gasteiger charge is -2.24. The highest BCUT2D eigenvalue weighted by molar-refractivity contribution is 6.17. The van der Waals surface area contributed by atoms with E-state index in [-0.39, 0.29) is 5.91 Å². The second-order valence-electron chi connectivity index (χ2n) is 5.24. The van der Waals surface area contributed by atoms with E-state index in [1.807, 2.05) is 29.2 Å². The first-order valence-electron chi connectivity index (χ1n) is 7.23. The molecule has 1 aromatic rings. The fourth-order valence-electron chi connectivity index (χ4n) is 2.80. The number of hydrogen-bond acceptors (Lipinski definition) is 2. The summed E-state index contributed by atoms with van der Waals surface area (Å²) in [6.45, 7) is 0.891. The first-order chi connectivity index (χ1) is 9.74. The van der Waals surface area contributed by atoms with Crippen molar-refractivity contribution in [2.24, 2.45) is 0 Å². The zero-order chi connectivity index (χ0) is 14.4. The number of alkyl halides is 1. The van der Waals surface area contributed by atoms with Crippen LogP contribution in [0, 0.1) is 0 Å². The van der Waals surface area contributed by atoms with Gasteiger partial charge in [-0.05, 0) is 43.4 Å². The standard InChI is InChI=1S/C16H22ClNO2/c1-20-15-8-6-13(7-9-15)12-16(19)18-11-3-5-14(18)4-2-10-17/h6-9,14H,2-5,10-12H2,1H3. The van der Waals surface area contributed by atoms with Crippen LogP contribution < -0.4 is 4.74 Å². The summed E-state index contributed by atoms with van der Waals surface area (Å²) in [6, 6.07) is 8.11. The van der Waals surface area contributed by atoms with Crippen molar-refractivity contribution in [3.63, 3.8) is 0 Å². The van der Waals surface area contributed by atoms with Crippen LogP contribution in [0.3, 0.4) is 0 Å². The molecule has 0 aromatic heterocycles. The van der Waals surface area contributed by atoms with E-state index in [9.17, 15) is 4.79 Å². The molecule has 20 heavy (non-hydrogen) atoms. The van der Waals surface area contributed by atoms with E-state index in [4.69, 9.17) is 16.3 Å². The van der Waals surface area contributed by atoms with Crippen molar-refractivity contribution >= 4 is 17.5 Å². The molecule has 3 nitrogen and oxygen atoms in total. The monoisotopic (exact) mass is 295 g/mol. The van der Waals surface area contributed by atoms with Crippen LogP contribution in [0.5, 0.6) is 5.75 Å². The number of benzene rings is 1. The molecular weight excluding hydrogens is 274 g/mol. The van der Waals surface area contributed by atoms with Crippen molar-refractivity contribution in [2.75, 3.05) is 19.5 Å². The number of nitrogens with zero attached hydrogens (tertiary/aromatic N) is 1. The lowest BCUT2D eigenvalue weighted by atomic mass is 10.1. The molecule has 110 valence electrons. The highest BCUT2D eigenvalue weighted by atomic mass is 35.5. The van der Waals surface area contributed by atoms with Gasteiger partial charge >= 0.3 is 0 Å². The Balaban J connectivity index is 1.92. The SMILES string of the molecule is COc1ccc(CC(=O)N2CCCC2CCCCl)cc1. The van der Waals surface area contributed by atoms with Crippen molar-refractivity contribution < 1.29 is 9.53 Å². The largest absolute Gasteiger partial charge is 0.497 e. The topological polar surface area (TPSA) is 29.5 Å². The Morgan fingerprint density at radius 3 is 2.80 bits per heavy atom. The van der Waals surface area contributed by atoms with Crippen LogP contribution in [0.1, 0.15) is 31.2 Å². The molecular formula is C16H22ClNO2. The van der Waals surface area contributed by atoms with Gasteiger partial charge in [0.15, 0.2) is 0 Å². The van der Waals surface area contributed by atoms with E-state index < -0.39 is 0 Å². The summed E-state index contributed by atoms with van der Waals surface area (Å²) in [6.07, 6.45) is 4.71. The first-order valence-corrected chi connectivity index (χ1v) is 7.76. The van der Waals surface area contributed by atoms with Crippen molar-refractivity contribution in [1.82, 2.24) is 4.90 Å². The minimum absolute atomic E-state index is 0.229. The lowest BCUT2D eigenvalue weighted by Crippen LogP contribution is -2.36. The highest BCUT2D eigenvalue weighted by Crippen LogP contribution is 2.23. The number of hydrogen-bond donors (Lipinski definition) is 0. The summed E-state index contributed by atoms with van der Waals surface area (Å²) < 4.78 is 5.13. The van der Waals surface area contributed by atoms with E-state index in [1.165, 1.54) is 0 Å². The molecule has 1 amide bonds. The average Bonchev–Trinajstić information content (AvgIpc) is 2.94. The zero-order valence-electron chi connectivity index (χ0n) is 12.0. The molecule has 4 heteroatoms. The minimum atomic E-state index is 0.229. The second-order valence-corrected chi connectivity index (χ2v) is 5.62. The summed E-state index contributed by atoms with van der Waals surface area (Å²) in [5, 5.41) is 0. The molecule has 1 aliphatic heterocycles. The number of methoxy groups -OCH3 is 1. The number of amides is 1. The number of carbonyl (C=O) groups excluding carboxylic acids is 1. The molecule has 1 aliphatic rings.